The van der Waals surface area contributed by atoms with Crippen LogP contribution in [0.15, 0.2) is 35.9 Å². The number of aliphatic hydroxyl groups is 1. The number of allylic oxidation sites excluding steroid dienone is 1. The van der Waals surface area contributed by atoms with Crippen LogP contribution in [0.5, 0.6) is 0 Å². The Bertz CT molecular complexity index is 776. The van der Waals surface area contributed by atoms with Gasteiger partial charge in [-0.05, 0) is 31.5 Å². The van der Waals surface area contributed by atoms with Gasteiger partial charge in [-0.15, -0.1) is 0 Å². The van der Waals surface area contributed by atoms with E-state index < -0.39 is 6.10 Å². The molecule has 2 unspecified atom stereocenters. The topological polar surface area (TPSA) is 61.8 Å². The molecule has 6 atom stereocenters. The smallest absolute Gasteiger partial charge is 0.311 e. The second kappa shape index (κ2) is 5.08. The van der Waals surface area contributed by atoms with E-state index in [9.17, 15) is 9.90 Å². The zero-order valence-corrected chi connectivity index (χ0v) is 14.6. The first-order valence-corrected chi connectivity index (χ1v) is 9.14. The van der Waals surface area contributed by atoms with Crippen molar-refractivity contribution < 1.29 is 14.6 Å². The molecule has 3 aliphatic heterocycles. The minimum Gasteiger partial charge on any atom is -0.469 e. The van der Waals surface area contributed by atoms with E-state index in [0.29, 0.717) is 0 Å². The van der Waals surface area contributed by atoms with Gasteiger partial charge < -0.3 is 15.2 Å². The molecule has 3 heterocycles. The molecule has 1 aromatic rings. The van der Waals surface area contributed by atoms with Crippen LogP contribution < -0.4 is 5.32 Å². The number of nitrogens with zero attached hydrogens (tertiary/aromatic N) is 1. The van der Waals surface area contributed by atoms with Gasteiger partial charge in [-0.25, -0.2) is 0 Å². The third kappa shape index (κ3) is 1.68. The normalized spacial score (nSPS) is 42.7. The number of anilines is 1. The molecule has 2 bridgehead atoms. The Morgan fingerprint density at radius 2 is 2.24 bits per heavy atom. The van der Waals surface area contributed by atoms with Crippen molar-refractivity contribution in [2.75, 3.05) is 25.5 Å². The summed E-state index contributed by atoms with van der Waals surface area (Å²) in [5.41, 5.74) is 3.30. The molecule has 5 rings (SSSR count). The monoisotopic (exact) mass is 340 g/mol. The molecule has 3 fully saturated rings. The fourth-order valence-electron chi connectivity index (χ4n) is 6.27. The number of para-hydroxylation sites is 1. The van der Waals surface area contributed by atoms with E-state index in [0.717, 1.165) is 30.8 Å². The summed E-state index contributed by atoms with van der Waals surface area (Å²) in [6.07, 6.45) is 2.49. The Kier molecular flexibility index (Phi) is 3.13. The summed E-state index contributed by atoms with van der Waals surface area (Å²) in [7, 11) is 1.45. The zero-order chi connectivity index (χ0) is 17.3. The van der Waals surface area contributed by atoms with Gasteiger partial charge in [-0.3, -0.25) is 9.69 Å². The average molecular weight is 340 g/mol. The van der Waals surface area contributed by atoms with Gasteiger partial charge in [0.15, 0.2) is 0 Å². The second-order valence-electron chi connectivity index (χ2n) is 7.80. The lowest BCUT2D eigenvalue weighted by atomic mass is 9.54. The Morgan fingerprint density at radius 3 is 3.00 bits per heavy atom. The molecule has 0 amide bonds. The first-order valence-electron chi connectivity index (χ1n) is 9.14. The summed E-state index contributed by atoms with van der Waals surface area (Å²) in [6, 6.07) is 8.37. The lowest BCUT2D eigenvalue weighted by Gasteiger charge is -2.56. The number of methoxy groups -OCH3 is 1. The summed E-state index contributed by atoms with van der Waals surface area (Å²) in [5.74, 6) is -0.751. The molecule has 0 aromatic heterocycles. The number of nitrogens with one attached hydrogen (secondary N) is 1. The van der Waals surface area contributed by atoms with Crippen LogP contribution in [0.25, 0.3) is 0 Å². The summed E-state index contributed by atoms with van der Waals surface area (Å²) in [5, 5.41) is 15.0. The van der Waals surface area contributed by atoms with Crippen LogP contribution in [-0.2, 0) is 14.9 Å². The van der Waals surface area contributed by atoms with E-state index in [1.165, 1.54) is 12.7 Å². The first-order chi connectivity index (χ1) is 12.1. The number of rotatable bonds is 1. The van der Waals surface area contributed by atoms with Crippen LogP contribution in [0.2, 0.25) is 0 Å². The number of aliphatic hydroxyl groups excluding tert-OH is 1. The predicted molar refractivity (Wildman–Crippen MR) is 94.3 cm³/mol. The Balaban J connectivity index is 1.75. The number of hydrogen-bond donors (Lipinski definition) is 2. The molecule has 1 spiro atoms. The molecule has 4 aliphatic rings. The fourth-order valence-corrected chi connectivity index (χ4v) is 6.27. The second-order valence-corrected chi connectivity index (χ2v) is 7.80. The van der Waals surface area contributed by atoms with Crippen molar-refractivity contribution in [1.82, 2.24) is 4.90 Å². The van der Waals surface area contributed by atoms with Crippen LogP contribution in [0.1, 0.15) is 18.9 Å². The highest BCUT2D eigenvalue weighted by Crippen LogP contribution is 2.61. The van der Waals surface area contributed by atoms with Crippen LogP contribution in [0, 0.1) is 11.8 Å². The molecule has 5 heteroatoms. The number of benzene rings is 1. The van der Waals surface area contributed by atoms with Crippen molar-refractivity contribution in [3.8, 4) is 0 Å². The van der Waals surface area contributed by atoms with E-state index in [1.807, 2.05) is 13.0 Å². The number of carbonyl (C=O) groups excluding carboxylic acids is 1. The maximum Gasteiger partial charge on any atom is 0.311 e. The number of fused-ring (bicyclic) bond motifs is 2. The first kappa shape index (κ1) is 15.4. The van der Waals surface area contributed by atoms with Crippen LogP contribution in [0.3, 0.4) is 0 Å². The lowest BCUT2D eigenvalue weighted by molar-refractivity contribution is -0.157. The van der Waals surface area contributed by atoms with E-state index in [4.69, 9.17) is 4.74 Å². The largest absolute Gasteiger partial charge is 0.469 e. The molecular weight excluding hydrogens is 316 g/mol. The minimum atomic E-state index is -0.546. The third-order valence-electron chi connectivity index (χ3n) is 7.12. The highest BCUT2D eigenvalue weighted by Gasteiger charge is 2.70. The number of esters is 1. The minimum absolute atomic E-state index is 0.0315. The SMILES string of the molecule is C/C=C1/CN2CCC34c5ccccc5N[C@H]3[C@@H](C(=O)OC)[C@H]1C(O)[C@H]24. The van der Waals surface area contributed by atoms with Crippen LogP contribution in [0.4, 0.5) is 5.69 Å². The van der Waals surface area contributed by atoms with Gasteiger partial charge in [-0.2, -0.15) is 0 Å². The third-order valence-corrected chi connectivity index (χ3v) is 7.12. The van der Waals surface area contributed by atoms with Gasteiger partial charge in [-0.1, -0.05) is 29.8 Å². The molecular formula is C20H24N2O3. The van der Waals surface area contributed by atoms with Crippen molar-refractivity contribution >= 4 is 11.7 Å². The average Bonchev–Trinajstić information content (AvgIpc) is 3.18. The highest BCUT2D eigenvalue weighted by molar-refractivity contribution is 5.79. The molecule has 25 heavy (non-hydrogen) atoms. The van der Waals surface area contributed by atoms with Crippen molar-refractivity contribution in [2.24, 2.45) is 11.8 Å². The standard InChI is InChI=1S/C20H24N2O3/c1-3-11-10-22-9-8-20-12-6-4-5-7-13(12)21-17(20)15(19(24)25-2)14(11)16(23)18(20)22/h3-7,14-18,21,23H,8-10H2,1-2H3/b11-3-/t14-,15-,16?,17-,18-,20?/m0/s1. The number of piperidine rings is 1. The van der Waals surface area contributed by atoms with Gasteiger partial charge in [0.2, 0.25) is 0 Å². The molecule has 5 nitrogen and oxygen atoms in total. The summed E-state index contributed by atoms with van der Waals surface area (Å²) in [6.45, 7) is 3.80. The van der Waals surface area contributed by atoms with Crippen LogP contribution >= 0.6 is 0 Å². The van der Waals surface area contributed by atoms with Gasteiger partial charge in [0.25, 0.3) is 0 Å². The van der Waals surface area contributed by atoms with Crippen molar-refractivity contribution in [3.05, 3.63) is 41.5 Å². The van der Waals surface area contributed by atoms with E-state index >= 15 is 0 Å². The van der Waals surface area contributed by atoms with E-state index in [1.54, 1.807) is 0 Å². The Morgan fingerprint density at radius 1 is 1.44 bits per heavy atom. The predicted octanol–water partition coefficient (Wildman–Crippen LogP) is 1.53. The highest BCUT2D eigenvalue weighted by atomic mass is 16.5. The van der Waals surface area contributed by atoms with Gasteiger partial charge in [0.05, 0.1) is 25.2 Å². The fraction of sp³-hybridized carbons (Fsp3) is 0.550. The summed E-state index contributed by atoms with van der Waals surface area (Å²) < 4.78 is 5.20. The van der Waals surface area contributed by atoms with Gasteiger partial charge in [0, 0.05) is 29.6 Å². The molecule has 1 saturated carbocycles. The van der Waals surface area contributed by atoms with Crippen molar-refractivity contribution in [3.63, 3.8) is 0 Å². The maximum atomic E-state index is 12.8. The quantitative estimate of drug-likeness (QED) is 0.600. The summed E-state index contributed by atoms with van der Waals surface area (Å²) >= 11 is 0. The van der Waals surface area contributed by atoms with E-state index in [-0.39, 0.29) is 35.3 Å². The molecule has 0 radical (unpaired) electrons. The Labute approximate surface area is 147 Å². The van der Waals surface area contributed by atoms with Crippen molar-refractivity contribution in [2.45, 2.75) is 36.9 Å². The molecule has 1 aliphatic carbocycles. The lowest BCUT2D eigenvalue weighted by Crippen LogP contribution is -2.70. The maximum absolute atomic E-state index is 12.8. The molecule has 2 N–H and O–H groups in total. The summed E-state index contributed by atoms with van der Waals surface area (Å²) in [4.78, 5) is 15.2. The number of hydrogen-bond acceptors (Lipinski definition) is 5. The molecule has 1 aromatic carbocycles. The number of carbonyl (C=O) groups is 1. The molecule has 2 saturated heterocycles. The zero-order valence-electron chi connectivity index (χ0n) is 14.6. The van der Waals surface area contributed by atoms with Gasteiger partial charge >= 0.3 is 5.97 Å². The van der Waals surface area contributed by atoms with E-state index in [2.05, 4.69) is 34.5 Å². The van der Waals surface area contributed by atoms with Crippen molar-refractivity contribution in [1.29, 1.82) is 0 Å². The molecule has 132 valence electrons. The van der Waals surface area contributed by atoms with Crippen LogP contribution in [-0.4, -0.2) is 54.4 Å². The Hall–Kier alpha value is -1.85. The number of ether oxygens (including phenoxy) is 1. The van der Waals surface area contributed by atoms with Gasteiger partial charge in [0.1, 0.15) is 0 Å².